The van der Waals surface area contributed by atoms with Crippen LogP contribution in [-0.4, -0.2) is 31.1 Å². The lowest BCUT2D eigenvalue weighted by atomic mass is 9.99. The van der Waals surface area contributed by atoms with Gasteiger partial charge >= 0.3 is 0 Å². The Labute approximate surface area is 135 Å². The van der Waals surface area contributed by atoms with Crippen LogP contribution in [0, 0.1) is 0 Å². The Morgan fingerprint density at radius 2 is 1.73 bits per heavy atom. The summed E-state index contributed by atoms with van der Waals surface area (Å²) in [4.78, 5) is 4.05. The van der Waals surface area contributed by atoms with Gasteiger partial charge in [-0.2, -0.15) is 0 Å². The molecule has 1 N–H and O–H groups in total. The van der Waals surface area contributed by atoms with Crippen LogP contribution in [0.15, 0.2) is 60.0 Å². The molecule has 0 radical (unpaired) electrons. The number of fused-ring (bicyclic) bond motifs is 1. The number of thiophene rings is 1. The lowest BCUT2D eigenvalue weighted by Crippen LogP contribution is -2.45. The van der Waals surface area contributed by atoms with Gasteiger partial charge in [0, 0.05) is 31.1 Å². The highest BCUT2D eigenvalue weighted by Gasteiger charge is 2.24. The van der Waals surface area contributed by atoms with E-state index in [1.165, 1.54) is 21.2 Å². The summed E-state index contributed by atoms with van der Waals surface area (Å²) in [6.45, 7) is 4.37. The van der Waals surface area contributed by atoms with Crippen LogP contribution in [0.1, 0.15) is 16.5 Å². The highest BCUT2D eigenvalue weighted by molar-refractivity contribution is 7.10. The molecule has 1 aliphatic rings. The molecule has 1 atom stereocenters. The third kappa shape index (κ3) is 2.68. The zero-order chi connectivity index (χ0) is 14.8. The number of hydrogen-bond donors (Lipinski definition) is 1. The molecule has 1 aliphatic heterocycles. The van der Waals surface area contributed by atoms with Gasteiger partial charge in [0.05, 0.1) is 6.04 Å². The highest BCUT2D eigenvalue weighted by Crippen LogP contribution is 2.33. The monoisotopic (exact) mass is 308 g/mol. The van der Waals surface area contributed by atoms with Gasteiger partial charge in [-0.3, -0.25) is 4.90 Å². The number of nitrogens with zero attached hydrogens (tertiary/aromatic N) is 1. The molecule has 4 rings (SSSR count). The molecule has 0 saturated carbocycles. The second-order valence-corrected chi connectivity index (χ2v) is 6.79. The van der Waals surface area contributed by atoms with Crippen LogP contribution in [0.3, 0.4) is 0 Å². The van der Waals surface area contributed by atoms with Crippen molar-refractivity contribution in [3.8, 4) is 0 Å². The standard InChI is InChI=1S/C19H20N2S/c1-2-5-16-14-17(8-7-15(16)4-1)19(18-6-3-13-22-18)21-11-9-20-10-12-21/h1-8,13-14,19-20H,9-12H2/t19-/m0/s1. The van der Waals surface area contributed by atoms with Crippen molar-refractivity contribution in [2.75, 3.05) is 26.2 Å². The van der Waals surface area contributed by atoms with Gasteiger partial charge in [-0.05, 0) is 33.8 Å². The summed E-state index contributed by atoms with van der Waals surface area (Å²) in [5.41, 5.74) is 1.41. The third-order valence-corrected chi connectivity index (χ3v) is 5.34. The lowest BCUT2D eigenvalue weighted by Gasteiger charge is -2.35. The van der Waals surface area contributed by atoms with E-state index in [2.05, 4.69) is 70.2 Å². The highest BCUT2D eigenvalue weighted by atomic mass is 32.1. The number of rotatable bonds is 3. The first-order valence-electron chi connectivity index (χ1n) is 7.89. The van der Waals surface area contributed by atoms with Crippen molar-refractivity contribution in [1.82, 2.24) is 10.2 Å². The Balaban J connectivity index is 1.78. The predicted octanol–water partition coefficient (Wildman–Crippen LogP) is 3.90. The van der Waals surface area contributed by atoms with Crippen molar-refractivity contribution in [2.45, 2.75) is 6.04 Å². The van der Waals surface area contributed by atoms with Crippen LogP contribution in [0.5, 0.6) is 0 Å². The second kappa shape index (κ2) is 6.21. The van der Waals surface area contributed by atoms with E-state index in [0.29, 0.717) is 6.04 Å². The maximum atomic E-state index is 3.46. The Morgan fingerprint density at radius 1 is 0.909 bits per heavy atom. The van der Waals surface area contributed by atoms with Crippen molar-refractivity contribution >= 4 is 22.1 Å². The fourth-order valence-electron chi connectivity index (χ4n) is 3.32. The number of nitrogens with one attached hydrogen (secondary N) is 1. The number of benzene rings is 2. The van der Waals surface area contributed by atoms with Crippen LogP contribution < -0.4 is 5.32 Å². The zero-order valence-corrected chi connectivity index (χ0v) is 13.4. The second-order valence-electron chi connectivity index (χ2n) is 5.81. The molecule has 2 aromatic carbocycles. The summed E-state index contributed by atoms with van der Waals surface area (Å²) in [7, 11) is 0. The van der Waals surface area contributed by atoms with Gasteiger partial charge in [0.1, 0.15) is 0 Å². The average Bonchev–Trinajstić information content (AvgIpc) is 3.10. The van der Waals surface area contributed by atoms with Gasteiger partial charge in [0.25, 0.3) is 0 Å². The quantitative estimate of drug-likeness (QED) is 0.789. The van der Waals surface area contributed by atoms with E-state index in [0.717, 1.165) is 26.2 Å². The number of piperazine rings is 1. The van der Waals surface area contributed by atoms with E-state index in [4.69, 9.17) is 0 Å². The minimum absolute atomic E-state index is 0.381. The first-order valence-corrected chi connectivity index (χ1v) is 8.77. The van der Waals surface area contributed by atoms with Crippen LogP contribution >= 0.6 is 11.3 Å². The Morgan fingerprint density at radius 3 is 2.50 bits per heavy atom. The first kappa shape index (κ1) is 13.9. The van der Waals surface area contributed by atoms with E-state index in [1.54, 1.807) is 0 Å². The third-order valence-electron chi connectivity index (χ3n) is 4.42. The van der Waals surface area contributed by atoms with Gasteiger partial charge in [-0.25, -0.2) is 0 Å². The van der Waals surface area contributed by atoms with Crippen molar-refractivity contribution in [2.24, 2.45) is 0 Å². The molecule has 1 aromatic heterocycles. The first-order chi connectivity index (χ1) is 10.9. The SMILES string of the molecule is c1csc([C@H](c2ccc3ccccc3c2)N2CCNCC2)c1. The minimum Gasteiger partial charge on any atom is -0.314 e. The van der Waals surface area contributed by atoms with Crippen molar-refractivity contribution in [3.05, 3.63) is 70.4 Å². The summed E-state index contributed by atoms with van der Waals surface area (Å²) >= 11 is 1.86. The Kier molecular flexibility index (Phi) is 3.94. The molecule has 2 heterocycles. The Hall–Kier alpha value is -1.68. The molecule has 0 bridgehead atoms. The van der Waals surface area contributed by atoms with Crippen molar-refractivity contribution in [1.29, 1.82) is 0 Å². The van der Waals surface area contributed by atoms with Crippen LogP contribution in [0.25, 0.3) is 10.8 Å². The zero-order valence-electron chi connectivity index (χ0n) is 12.5. The fourth-order valence-corrected chi connectivity index (χ4v) is 4.21. The largest absolute Gasteiger partial charge is 0.314 e. The van der Waals surface area contributed by atoms with E-state index >= 15 is 0 Å². The van der Waals surface area contributed by atoms with Gasteiger partial charge in [0.2, 0.25) is 0 Å². The number of hydrogen-bond acceptors (Lipinski definition) is 3. The fraction of sp³-hybridized carbons (Fsp3) is 0.263. The molecule has 1 fully saturated rings. The molecule has 0 spiro atoms. The van der Waals surface area contributed by atoms with Gasteiger partial charge in [-0.1, -0.05) is 42.5 Å². The van der Waals surface area contributed by atoms with E-state index in [1.807, 2.05) is 11.3 Å². The van der Waals surface area contributed by atoms with Crippen molar-refractivity contribution in [3.63, 3.8) is 0 Å². The van der Waals surface area contributed by atoms with Gasteiger partial charge in [0.15, 0.2) is 0 Å². The normalized spacial score (nSPS) is 17.6. The molecule has 3 aromatic rings. The van der Waals surface area contributed by atoms with E-state index in [9.17, 15) is 0 Å². The van der Waals surface area contributed by atoms with Crippen LogP contribution in [0.4, 0.5) is 0 Å². The summed E-state index contributed by atoms with van der Waals surface area (Å²) in [6.07, 6.45) is 0. The van der Waals surface area contributed by atoms with Gasteiger partial charge in [-0.15, -0.1) is 11.3 Å². The minimum atomic E-state index is 0.381. The molecule has 112 valence electrons. The summed E-state index contributed by atoms with van der Waals surface area (Å²) < 4.78 is 0. The average molecular weight is 308 g/mol. The molecule has 2 nitrogen and oxygen atoms in total. The molecular weight excluding hydrogens is 288 g/mol. The smallest absolute Gasteiger partial charge is 0.0697 e. The maximum Gasteiger partial charge on any atom is 0.0697 e. The molecule has 0 amide bonds. The summed E-state index contributed by atoms with van der Waals surface area (Å²) in [5.74, 6) is 0. The lowest BCUT2D eigenvalue weighted by molar-refractivity contribution is 0.201. The summed E-state index contributed by atoms with van der Waals surface area (Å²) in [5, 5.41) is 8.29. The molecular formula is C19H20N2S. The van der Waals surface area contributed by atoms with E-state index in [-0.39, 0.29) is 0 Å². The molecule has 3 heteroatoms. The maximum absolute atomic E-state index is 3.46. The molecule has 1 saturated heterocycles. The Bertz CT molecular complexity index is 745. The van der Waals surface area contributed by atoms with Crippen LogP contribution in [-0.2, 0) is 0 Å². The topological polar surface area (TPSA) is 15.3 Å². The molecule has 0 unspecified atom stereocenters. The molecule has 0 aliphatic carbocycles. The van der Waals surface area contributed by atoms with Crippen molar-refractivity contribution < 1.29 is 0 Å². The van der Waals surface area contributed by atoms with Crippen LogP contribution in [0.2, 0.25) is 0 Å². The predicted molar refractivity (Wildman–Crippen MR) is 94.6 cm³/mol. The van der Waals surface area contributed by atoms with E-state index < -0.39 is 0 Å². The summed E-state index contributed by atoms with van der Waals surface area (Å²) in [6, 6.07) is 20.4. The van der Waals surface area contributed by atoms with Gasteiger partial charge < -0.3 is 5.32 Å². The molecule has 22 heavy (non-hydrogen) atoms.